The highest BCUT2D eigenvalue weighted by Gasteiger charge is 2.17. The van der Waals surface area contributed by atoms with Crippen molar-refractivity contribution >= 4 is 42.4 Å². The largest absolute Gasteiger partial charge is 0.247 e. The lowest BCUT2D eigenvalue weighted by Crippen LogP contribution is -1.96. The second-order valence-electron chi connectivity index (χ2n) is 11.6. The van der Waals surface area contributed by atoms with Crippen LogP contribution in [-0.2, 0) is 0 Å². The molecule has 0 unspecified atom stereocenters. The van der Waals surface area contributed by atoms with Gasteiger partial charge in [0.1, 0.15) is 0 Å². The van der Waals surface area contributed by atoms with E-state index >= 15 is 0 Å². The highest BCUT2D eigenvalue weighted by atomic mass is 32.1. The van der Waals surface area contributed by atoms with Gasteiger partial charge in [-0.2, -0.15) is 0 Å². The van der Waals surface area contributed by atoms with E-state index in [0.29, 0.717) is 5.82 Å². The molecule has 0 fully saturated rings. The summed E-state index contributed by atoms with van der Waals surface area (Å²) >= 11 is 1.84. The van der Waals surface area contributed by atoms with Crippen LogP contribution in [0.2, 0.25) is 0 Å². The highest BCUT2D eigenvalue weighted by Crippen LogP contribution is 2.43. The van der Waals surface area contributed by atoms with E-state index in [0.717, 1.165) is 44.9 Å². The molecule has 220 valence electrons. The molecule has 0 atom stereocenters. The summed E-state index contributed by atoms with van der Waals surface area (Å²) in [6, 6.07) is 57.1. The molecule has 9 rings (SSSR count). The fourth-order valence-corrected chi connectivity index (χ4v) is 7.59. The molecule has 0 aliphatic heterocycles. The number of hydrogen-bond acceptors (Lipinski definition) is 4. The summed E-state index contributed by atoms with van der Waals surface area (Å²) in [5, 5.41) is 3.63. The smallest absolute Gasteiger partial charge is 0.160 e. The zero-order valence-electron chi connectivity index (χ0n) is 25.3. The van der Waals surface area contributed by atoms with Crippen LogP contribution in [0, 0.1) is 0 Å². The van der Waals surface area contributed by atoms with E-state index in [4.69, 9.17) is 15.0 Å². The first kappa shape index (κ1) is 27.3. The van der Waals surface area contributed by atoms with Gasteiger partial charge >= 0.3 is 0 Å². The summed E-state index contributed by atoms with van der Waals surface area (Å²) in [5.41, 5.74) is 10.3. The first-order valence-corrected chi connectivity index (χ1v) is 16.5. The minimum absolute atomic E-state index is 0.711. The van der Waals surface area contributed by atoms with Crippen molar-refractivity contribution in [1.82, 2.24) is 15.0 Å². The zero-order chi connectivity index (χ0) is 31.2. The number of rotatable bonds is 5. The lowest BCUT2D eigenvalue weighted by Gasteiger charge is -2.11. The van der Waals surface area contributed by atoms with E-state index < -0.39 is 0 Å². The molecule has 3 nitrogen and oxygen atoms in total. The van der Waals surface area contributed by atoms with E-state index in [1.165, 1.54) is 36.7 Å². The summed E-state index contributed by atoms with van der Waals surface area (Å²) in [6.07, 6.45) is 0. The SMILES string of the molecule is c1ccc(-c2ccc3c(c2)nc(-c2ccc(-c4cc(-c5ccccc5)nc(-c5ccccc5)n4)cc2)c2c4ccccc4sc32)cc1. The van der Waals surface area contributed by atoms with Crippen LogP contribution >= 0.6 is 11.3 Å². The molecular weight excluding hydrogens is 591 g/mol. The summed E-state index contributed by atoms with van der Waals surface area (Å²) in [5.74, 6) is 0.711. The second kappa shape index (κ2) is 11.4. The third kappa shape index (κ3) is 4.96. The Kier molecular flexibility index (Phi) is 6.65. The summed E-state index contributed by atoms with van der Waals surface area (Å²) in [4.78, 5) is 15.4. The lowest BCUT2D eigenvalue weighted by atomic mass is 9.99. The van der Waals surface area contributed by atoms with Gasteiger partial charge < -0.3 is 0 Å². The van der Waals surface area contributed by atoms with E-state index in [1.807, 2.05) is 47.7 Å². The van der Waals surface area contributed by atoms with Crippen molar-refractivity contribution in [3.8, 4) is 56.3 Å². The summed E-state index contributed by atoms with van der Waals surface area (Å²) in [6.45, 7) is 0. The minimum atomic E-state index is 0.711. The molecule has 0 radical (unpaired) electrons. The monoisotopic (exact) mass is 617 g/mol. The van der Waals surface area contributed by atoms with Crippen LogP contribution in [0.3, 0.4) is 0 Å². The van der Waals surface area contributed by atoms with E-state index in [2.05, 4.69) is 127 Å². The molecule has 3 aromatic heterocycles. The Morgan fingerprint density at radius 2 is 0.936 bits per heavy atom. The maximum atomic E-state index is 5.37. The van der Waals surface area contributed by atoms with Crippen LogP contribution in [0.25, 0.3) is 87.4 Å². The Labute approximate surface area is 276 Å². The third-order valence-electron chi connectivity index (χ3n) is 8.70. The number of nitrogens with zero attached hydrogens (tertiary/aromatic N) is 3. The van der Waals surface area contributed by atoms with E-state index in [-0.39, 0.29) is 0 Å². The molecule has 4 heteroatoms. The van der Waals surface area contributed by atoms with Crippen molar-refractivity contribution in [3.63, 3.8) is 0 Å². The molecule has 0 saturated heterocycles. The average molecular weight is 618 g/mol. The van der Waals surface area contributed by atoms with Crippen LogP contribution in [0.4, 0.5) is 0 Å². The predicted octanol–water partition coefficient (Wildman–Crippen LogP) is 11.7. The molecule has 0 spiro atoms. The molecule has 6 aromatic carbocycles. The number of pyridine rings is 1. The Hall–Kier alpha value is -5.97. The summed E-state index contributed by atoms with van der Waals surface area (Å²) < 4.78 is 2.54. The van der Waals surface area contributed by atoms with Gasteiger partial charge in [-0.1, -0.05) is 146 Å². The second-order valence-corrected chi connectivity index (χ2v) is 12.7. The number of hydrogen-bond donors (Lipinski definition) is 0. The zero-order valence-corrected chi connectivity index (χ0v) is 26.2. The fraction of sp³-hybridized carbons (Fsp3) is 0. The Morgan fingerprint density at radius 1 is 0.383 bits per heavy atom. The Morgan fingerprint density at radius 3 is 1.64 bits per heavy atom. The maximum absolute atomic E-state index is 5.37. The molecule has 0 saturated carbocycles. The standard InChI is InChI=1S/C43H27N3S/c1-4-12-28(13-5-1)33-24-25-34-38(26-33)44-41(40-35-18-10-11-19-39(35)47-42(34)40)31-22-20-30(21-23-31)37-27-36(29-14-6-2-7-15-29)45-43(46-37)32-16-8-3-9-17-32/h1-27H. The molecule has 0 amide bonds. The predicted molar refractivity (Wildman–Crippen MR) is 197 cm³/mol. The molecule has 0 bridgehead atoms. The highest BCUT2D eigenvalue weighted by molar-refractivity contribution is 7.26. The Bertz CT molecular complexity index is 2480. The van der Waals surface area contributed by atoms with Gasteiger partial charge in [0.15, 0.2) is 5.82 Å². The quantitative estimate of drug-likeness (QED) is 0.193. The molecule has 9 aromatic rings. The van der Waals surface area contributed by atoms with Gasteiger partial charge in [-0.15, -0.1) is 11.3 Å². The van der Waals surface area contributed by atoms with Gasteiger partial charge in [0.25, 0.3) is 0 Å². The third-order valence-corrected chi connectivity index (χ3v) is 9.90. The van der Waals surface area contributed by atoms with Crippen molar-refractivity contribution in [3.05, 3.63) is 164 Å². The normalized spacial score (nSPS) is 11.4. The van der Waals surface area contributed by atoms with Crippen molar-refractivity contribution in [2.24, 2.45) is 0 Å². The van der Waals surface area contributed by atoms with Crippen molar-refractivity contribution < 1.29 is 0 Å². The minimum Gasteiger partial charge on any atom is -0.247 e. The van der Waals surface area contributed by atoms with Crippen molar-refractivity contribution in [2.45, 2.75) is 0 Å². The maximum Gasteiger partial charge on any atom is 0.160 e. The van der Waals surface area contributed by atoms with E-state index in [1.54, 1.807) is 0 Å². The molecule has 0 aliphatic carbocycles. The number of thiophene rings is 1. The van der Waals surface area contributed by atoms with Crippen molar-refractivity contribution in [1.29, 1.82) is 0 Å². The van der Waals surface area contributed by atoms with Gasteiger partial charge in [0.2, 0.25) is 0 Å². The first-order chi connectivity index (χ1) is 23.3. The van der Waals surface area contributed by atoms with Crippen LogP contribution in [0.15, 0.2) is 164 Å². The van der Waals surface area contributed by atoms with E-state index in [9.17, 15) is 0 Å². The molecule has 0 N–H and O–H groups in total. The number of fused-ring (bicyclic) bond motifs is 5. The molecule has 3 heterocycles. The van der Waals surface area contributed by atoms with Gasteiger partial charge in [-0.3, -0.25) is 0 Å². The van der Waals surface area contributed by atoms with Crippen LogP contribution < -0.4 is 0 Å². The van der Waals surface area contributed by atoms with Crippen molar-refractivity contribution in [2.75, 3.05) is 0 Å². The number of aromatic nitrogens is 3. The van der Waals surface area contributed by atoms with Crippen LogP contribution in [-0.4, -0.2) is 15.0 Å². The molecule has 0 aliphatic rings. The Balaban J connectivity index is 1.21. The summed E-state index contributed by atoms with van der Waals surface area (Å²) in [7, 11) is 0. The van der Waals surface area contributed by atoms with Gasteiger partial charge in [-0.05, 0) is 29.3 Å². The molecule has 47 heavy (non-hydrogen) atoms. The first-order valence-electron chi connectivity index (χ1n) is 15.7. The topological polar surface area (TPSA) is 38.7 Å². The fourth-order valence-electron chi connectivity index (χ4n) is 6.35. The number of benzene rings is 6. The van der Waals surface area contributed by atoms with Crippen LogP contribution in [0.1, 0.15) is 0 Å². The van der Waals surface area contributed by atoms with Gasteiger partial charge in [0.05, 0.1) is 22.6 Å². The molecular formula is C43H27N3S. The van der Waals surface area contributed by atoms with Gasteiger partial charge in [0, 0.05) is 47.8 Å². The average Bonchev–Trinajstić information content (AvgIpc) is 3.55. The van der Waals surface area contributed by atoms with Crippen LogP contribution in [0.5, 0.6) is 0 Å². The van der Waals surface area contributed by atoms with Gasteiger partial charge in [-0.25, -0.2) is 15.0 Å². The lowest BCUT2D eigenvalue weighted by molar-refractivity contribution is 1.18.